The minimum Gasteiger partial charge on any atom is -0.330 e. The number of hydrogen-bond donors (Lipinski definition) is 1. The van der Waals surface area contributed by atoms with Crippen molar-refractivity contribution in [2.45, 2.75) is 19.5 Å². The van der Waals surface area contributed by atoms with Crippen LogP contribution in [0.4, 0.5) is 13.2 Å². The molecule has 0 aliphatic carbocycles. The zero-order valence-electron chi connectivity index (χ0n) is 5.61. The van der Waals surface area contributed by atoms with Crippen molar-refractivity contribution in [2.75, 3.05) is 6.54 Å². The summed E-state index contributed by atoms with van der Waals surface area (Å²) in [5.41, 5.74) is 4.98. The molecule has 10 heavy (non-hydrogen) atoms. The van der Waals surface area contributed by atoms with E-state index < -0.39 is 18.5 Å². The molecule has 0 aliphatic heterocycles. The van der Waals surface area contributed by atoms with E-state index in [2.05, 4.69) is 0 Å². The van der Waals surface area contributed by atoms with E-state index in [-0.39, 0.29) is 19.0 Å². The van der Waals surface area contributed by atoms with Gasteiger partial charge in [-0.25, -0.2) is 0 Å². The highest BCUT2D eigenvalue weighted by molar-refractivity contribution is 5.85. The second kappa shape index (κ2) is 4.79. The highest BCUT2D eigenvalue weighted by Crippen LogP contribution is 2.23. The first kappa shape index (κ1) is 12.7. The molecule has 0 saturated carbocycles. The molecular weight excluding hydrogens is 167 g/mol. The van der Waals surface area contributed by atoms with Gasteiger partial charge < -0.3 is 5.73 Å². The fourth-order valence-electron chi connectivity index (χ4n) is 0.478. The molecule has 0 heterocycles. The second-order valence-electron chi connectivity index (χ2n) is 2.16. The van der Waals surface area contributed by atoms with Gasteiger partial charge in [-0.2, -0.15) is 13.2 Å². The maximum absolute atomic E-state index is 11.4. The SMILES string of the molecule is C[C@@H](CN)CC(F)(F)F.Cl. The van der Waals surface area contributed by atoms with Gasteiger partial charge in [0.1, 0.15) is 0 Å². The van der Waals surface area contributed by atoms with Crippen molar-refractivity contribution in [3.8, 4) is 0 Å². The summed E-state index contributed by atoms with van der Waals surface area (Å²) in [7, 11) is 0. The lowest BCUT2D eigenvalue weighted by Crippen LogP contribution is -2.19. The fraction of sp³-hybridized carbons (Fsp3) is 1.00. The Morgan fingerprint density at radius 2 is 1.80 bits per heavy atom. The van der Waals surface area contributed by atoms with Crippen LogP contribution in [0, 0.1) is 5.92 Å². The molecular formula is C5H11ClF3N. The largest absolute Gasteiger partial charge is 0.389 e. The average Bonchev–Trinajstić information content (AvgIpc) is 1.62. The molecule has 1 nitrogen and oxygen atoms in total. The summed E-state index contributed by atoms with van der Waals surface area (Å²) in [6, 6.07) is 0. The Morgan fingerprint density at radius 1 is 1.40 bits per heavy atom. The van der Waals surface area contributed by atoms with Gasteiger partial charge in [0, 0.05) is 6.42 Å². The summed E-state index contributed by atoms with van der Waals surface area (Å²) in [6.07, 6.45) is -4.83. The van der Waals surface area contributed by atoms with Crippen molar-refractivity contribution in [3.63, 3.8) is 0 Å². The predicted octanol–water partition coefficient (Wildman–Crippen LogP) is 1.96. The monoisotopic (exact) mass is 177 g/mol. The quantitative estimate of drug-likeness (QED) is 0.686. The molecule has 0 aromatic carbocycles. The minimum atomic E-state index is -4.06. The topological polar surface area (TPSA) is 26.0 Å². The van der Waals surface area contributed by atoms with Crippen LogP contribution >= 0.6 is 12.4 Å². The van der Waals surface area contributed by atoms with Crippen LogP contribution in [-0.4, -0.2) is 12.7 Å². The zero-order chi connectivity index (χ0) is 7.49. The van der Waals surface area contributed by atoms with Crippen LogP contribution in [0.25, 0.3) is 0 Å². The summed E-state index contributed by atoms with van der Waals surface area (Å²) in [4.78, 5) is 0. The Morgan fingerprint density at radius 3 is 1.90 bits per heavy atom. The molecule has 0 aliphatic rings. The molecule has 0 rings (SSSR count). The number of nitrogens with two attached hydrogens (primary N) is 1. The lowest BCUT2D eigenvalue weighted by molar-refractivity contribution is -0.142. The van der Waals surface area contributed by atoms with Crippen molar-refractivity contribution < 1.29 is 13.2 Å². The molecule has 5 heteroatoms. The molecule has 64 valence electrons. The van der Waals surface area contributed by atoms with Crippen LogP contribution < -0.4 is 5.73 Å². The van der Waals surface area contributed by atoms with E-state index in [0.29, 0.717) is 0 Å². The maximum atomic E-state index is 11.4. The summed E-state index contributed by atoms with van der Waals surface area (Å²) in [5, 5.41) is 0. The highest BCUT2D eigenvalue weighted by atomic mass is 35.5. The fourth-order valence-corrected chi connectivity index (χ4v) is 0.478. The lowest BCUT2D eigenvalue weighted by Gasteiger charge is -2.10. The van der Waals surface area contributed by atoms with Gasteiger partial charge in [0.25, 0.3) is 0 Å². The Hall–Kier alpha value is 0.0400. The average molecular weight is 178 g/mol. The van der Waals surface area contributed by atoms with Gasteiger partial charge in [0.2, 0.25) is 0 Å². The Bertz CT molecular complexity index is 83.5. The van der Waals surface area contributed by atoms with E-state index >= 15 is 0 Å². The van der Waals surface area contributed by atoms with Gasteiger partial charge in [0.15, 0.2) is 0 Å². The van der Waals surface area contributed by atoms with Crippen LogP contribution in [0.5, 0.6) is 0 Å². The first-order chi connectivity index (χ1) is 3.95. The van der Waals surface area contributed by atoms with Crippen LogP contribution in [-0.2, 0) is 0 Å². The van der Waals surface area contributed by atoms with Gasteiger partial charge in [-0.15, -0.1) is 12.4 Å². The molecule has 0 bridgehead atoms. The molecule has 0 radical (unpaired) electrons. The van der Waals surface area contributed by atoms with Crippen LogP contribution in [0.3, 0.4) is 0 Å². The third kappa shape index (κ3) is 8.04. The van der Waals surface area contributed by atoms with Crippen LogP contribution in [0.15, 0.2) is 0 Å². The molecule has 1 atom stereocenters. The van der Waals surface area contributed by atoms with Crippen molar-refractivity contribution in [1.29, 1.82) is 0 Å². The molecule has 0 saturated heterocycles. The minimum absolute atomic E-state index is 0. The lowest BCUT2D eigenvalue weighted by atomic mass is 10.1. The van der Waals surface area contributed by atoms with E-state index in [1.54, 1.807) is 0 Å². The third-order valence-electron chi connectivity index (χ3n) is 0.982. The molecule has 0 unspecified atom stereocenters. The highest BCUT2D eigenvalue weighted by Gasteiger charge is 2.28. The van der Waals surface area contributed by atoms with Crippen LogP contribution in [0.2, 0.25) is 0 Å². The van der Waals surface area contributed by atoms with Gasteiger partial charge in [0.05, 0.1) is 0 Å². The Labute approximate surface area is 64.2 Å². The standard InChI is InChI=1S/C5H10F3N.ClH/c1-4(3-9)2-5(6,7)8;/h4H,2-3,9H2,1H3;1H/t4-;/m1./s1. The smallest absolute Gasteiger partial charge is 0.330 e. The third-order valence-corrected chi connectivity index (χ3v) is 0.982. The van der Waals surface area contributed by atoms with Gasteiger partial charge in [-0.05, 0) is 12.5 Å². The summed E-state index contributed by atoms with van der Waals surface area (Å²) >= 11 is 0. The zero-order valence-corrected chi connectivity index (χ0v) is 6.43. The van der Waals surface area contributed by atoms with Crippen molar-refractivity contribution in [3.05, 3.63) is 0 Å². The molecule has 2 N–H and O–H groups in total. The number of hydrogen-bond acceptors (Lipinski definition) is 1. The number of rotatable bonds is 2. The first-order valence-corrected chi connectivity index (χ1v) is 2.72. The second-order valence-corrected chi connectivity index (χ2v) is 2.16. The summed E-state index contributed by atoms with van der Waals surface area (Å²) in [6.45, 7) is 1.58. The first-order valence-electron chi connectivity index (χ1n) is 2.72. The molecule has 0 spiro atoms. The van der Waals surface area contributed by atoms with Crippen molar-refractivity contribution >= 4 is 12.4 Å². The van der Waals surface area contributed by atoms with E-state index in [1.165, 1.54) is 6.92 Å². The van der Waals surface area contributed by atoms with E-state index in [9.17, 15) is 13.2 Å². The predicted molar refractivity (Wildman–Crippen MR) is 36.1 cm³/mol. The van der Waals surface area contributed by atoms with Gasteiger partial charge in [-0.1, -0.05) is 6.92 Å². The van der Waals surface area contributed by atoms with Gasteiger partial charge in [-0.3, -0.25) is 0 Å². The molecule has 0 amide bonds. The van der Waals surface area contributed by atoms with Gasteiger partial charge >= 0.3 is 6.18 Å². The van der Waals surface area contributed by atoms with E-state index in [0.717, 1.165) is 0 Å². The maximum Gasteiger partial charge on any atom is 0.389 e. The molecule has 0 fully saturated rings. The summed E-state index contributed by atoms with van der Waals surface area (Å²) < 4.78 is 34.3. The molecule has 0 aromatic rings. The van der Waals surface area contributed by atoms with Crippen molar-refractivity contribution in [1.82, 2.24) is 0 Å². The number of alkyl halides is 3. The van der Waals surface area contributed by atoms with Crippen LogP contribution in [0.1, 0.15) is 13.3 Å². The van der Waals surface area contributed by atoms with E-state index in [4.69, 9.17) is 5.73 Å². The number of halogens is 4. The Kier molecular flexibility index (Phi) is 6.09. The summed E-state index contributed by atoms with van der Waals surface area (Å²) in [5.74, 6) is -0.454. The Balaban J connectivity index is 0. The molecule has 0 aromatic heterocycles. The van der Waals surface area contributed by atoms with E-state index in [1.807, 2.05) is 0 Å². The normalized spacial score (nSPS) is 14.1. The van der Waals surface area contributed by atoms with Crippen molar-refractivity contribution in [2.24, 2.45) is 11.7 Å².